The van der Waals surface area contributed by atoms with Crippen molar-refractivity contribution in [3.63, 3.8) is 0 Å². The molecule has 0 aliphatic carbocycles. The minimum Gasteiger partial charge on any atom is -0.486 e. The highest BCUT2D eigenvalue weighted by Crippen LogP contribution is 2.35. The highest BCUT2D eigenvalue weighted by Gasteiger charge is 2.20. The van der Waals surface area contributed by atoms with Crippen LogP contribution in [-0.4, -0.2) is 29.3 Å². The number of nitrogens with zero attached hydrogens (tertiary/aromatic N) is 2. The zero-order valence-corrected chi connectivity index (χ0v) is 15.3. The molecule has 0 atom stereocenters. The van der Waals surface area contributed by atoms with Crippen LogP contribution in [0.2, 0.25) is 0 Å². The smallest absolute Gasteiger partial charge is 0.263 e. The topological polar surface area (TPSA) is 99.4 Å². The van der Waals surface area contributed by atoms with Gasteiger partial charge in [-0.1, -0.05) is 6.07 Å². The molecular formula is C18H18N4O3S. The molecule has 1 amide bonds. The SMILES string of the molecule is Cc1nnc2sc(C(=O)NCc3ccc4c(c3)OCCO4)c(N)c2c1C. The molecule has 0 bridgehead atoms. The number of thiophene rings is 1. The van der Waals surface area contributed by atoms with Gasteiger partial charge in [0, 0.05) is 11.9 Å². The maximum Gasteiger partial charge on any atom is 0.263 e. The summed E-state index contributed by atoms with van der Waals surface area (Å²) in [5, 5.41) is 12.0. The van der Waals surface area contributed by atoms with Crippen molar-refractivity contribution in [2.24, 2.45) is 0 Å². The first-order valence-corrected chi connectivity index (χ1v) is 9.05. The lowest BCUT2D eigenvalue weighted by Gasteiger charge is -2.18. The zero-order valence-electron chi connectivity index (χ0n) is 14.5. The van der Waals surface area contributed by atoms with Gasteiger partial charge in [0.05, 0.1) is 11.4 Å². The van der Waals surface area contributed by atoms with Crippen LogP contribution in [0, 0.1) is 13.8 Å². The molecule has 1 aromatic carbocycles. The van der Waals surface area contributed by atoms with Gasteiger partial charge in [0.25, 0.3) is 5.91 Å². The van der Waals surface area contributed by atoms with Crippen molar-refractivity contribution in [3.05, 3.63) is 39.9 Å². The van der Waals surface area contributed by atoms with Crippen molar-refractivity contribution in [3.8, 4) is 11.5 Å². The molecule has 2 aromatic heterocycles. The second kappa shape index (κ2) is 6.45. The molecule has 7 nitrogen and oxygen atoms in total. The molecule has 0 unspecified atom stereocenters. The first-order valence-electron chi connectivity index (χ1n) is 8.23. The predicted octanol–water partition coefficient (Wildman–Crippen LogP) is 2.59. The van der Waals surface area contributed by atoms with Crippen molar-refractivity contribution in [2.45, 2.75) is 20.4 Å². The van der Waals surface area contributed by atoms with Crippen molar-refractivity contribution in [2.75, 3.05) is 18.9 Å². The lowest BCUT2D eigenvalue weighted by atomic mass is 10.1. The van der Waals surface area contributed by atoms with E-state index in [0.717, 1.165) is 28.0 Å². The molecule has 0 spiro atoms. The highest BCUT2D eigenvalue weighted by molar-refractivity contribution is 7.21. The van der Waals surface area contributed by atoms with Crippen molar-refractivity contribution in [1.82, 2.24) is 15.5 Å². The van der Waals surface area contributed by atoms with Gasteiger partial charge >= 0.3 is 0 Å². The number of hydrogen-bond donors (Lipinski definition) is 2. The van der Waals surface area contributed by atoms with Gasteiger partial charge in [0.1, 0.15) is 22.9 Å². The second-order valence-electron chi connectivity index (χ2n) is 6.10. The molecule has 3 aromatic rings. The first kappa shape index (κ1) is 16.6. The van der Waals surface area contributed by atoms with Crippen LogP contribution in [0.1, 0.15) is 26.5 Å². The first-order chi connectivity index (χ1) is 12.5. The minimum absolute atomic E-state index is 0.225. The van der Waals surface area contributed by atoms with E-state index < -0.39 is 0 Å². The molecule has 1 aliphatic heterocycles. The van der Waals surface area contributed by atoms with Gasteiger partial charge < -0.3 is 20.5 Å². The number of rotatable bonds is 3. The van der Waals surface area contributed by atoms with Crippen LogP contribution in [0.25, 0.3) is 10.2 Å². The molecule has 134 valence electrons. The van der Waals surface area contributed by atoms with Crippen LogP contribution >= 0.6 is 11.3 Å². The Hall–Kier alpha value is -2.87. The number of benzene rings is 1. The van der Waals surface area contributed by atoms with E-state index in [0.29, 0.717) is 40.9 Å². The van der Waals surface area contributed by atoms with Crippen molar-refractivity contribution in [1.29, 1.82) is 0 Å². The highest BCUT2D eigenvalue weighted by atomic mass is 32.1. The molecule has 0 saturated heterocycles. The summed E-state index contributed by atoms with van der Waals surface area (Å²) in [6.07, 6.45) is 0. The molecule has 1 aliphatic rings. The fourth-order valence-corrected chi connectivity index (χ4v) is 3.89. The summed E-state index contributed by atoms with van der Waals surface area (Å²) in [5.74, 6) is 1.20. The Morgan fingerprint density at radius 2 is 2.00 bits per heavy atom. The standard InChI is InChI=1S/C18H18N4O3S/c1-9-10(2)21-22-18-14(9)15(19)16(26-18)17(23)20-8-11-3-4-12-13(7-11)25-6-5-24-12/h3-4,7H,5-6,8,19H2,1-2H3,(H,20,23). The minimum atomic E-state index is -0.225. The average molecular weight is 370 g/mol. The Bertz CT molecular complexity index is 1020. The summed E-state index contributed by atoms with van der Waals surface area (Å²) in [6.45, 7) is 5.26. The monoisotopic (exact) mass is 370 g/mol. The molecule has 3 heterocycles. The number of fused-ring (bicyclic) bond motifs is 2. The Morgan fingerprint density at radius 1 is 1.23 bits per heavy atom. The largest absolute Gasteiger partial charge is 0.486 e. The molecule has 0 radical (unpaired) electrons. The van der Waals surface area contributed by atoms with Crippen LogP contribution in [0.15, 0.2) is 18.2 Å². The third-order valence-electron chi connectivity index (χ3n) is 4.40. The van der Waals surface area contributed by atoms with E-state index >= 15 is 0 Å². The Labute approximate surface area is 154 Å². The number of amides is 1. The van der Waals surface area contributed by atoms with Crippen LogP contribution in [-0.2, 0) is 6.54 Å². The summed E-state index contributed by atoms with van der Waals surface area (Å²) in [5.41, 5.74) is 9.36. The Balaban J connectivity index is 1.54. The molecule has 26 heavy (non-hydrogen) atoms. The zero-order chi connectivity index (χ0) is 18.3. The fraction of sp³-hybridized carbons (Fsp3) is 0.278. The van der Waals surface area contributed by atoms with Crippen molar-refractivity contribution < 1.29 is 14.3 Å². The van der Waals surface area contributed by atoms with E-state index in [-0.39, 0.29) is 5.91 Å². The fourth-order valence-electron chi connectivity index (χ4n) is 2.87. The van der Waals surface area contributed by atoms with E-state index in [9.17, 15) is 4.79 Å². The predicted molar refractivity (Wildman–Crippen MR) is 99.9 cm³/mol. The van der Waals surface area contributed by atoms with Gasteiger partial charge in [0.2, 0.25) is 0 Å². The molecular weight excluding hydrogens is 352 g/mol. The maximum absolute atomic E-state index is 12.6. The molecule has 4 rings (SSSR count). The van der Waals surface area contributed by atoms with Crippen LogP contribution < -0.4 is 20.5 Å². The van der Waals surface area contributed by atoms with Gasteiger partial charge in [-0.2, -0.15) is 5.10 Å². The van der Waals surface area contributed by atoms with Gasteiger partial charge in [-0.05, 0) is 37.1 Å². The third-order valence-corrected chi connectivity index (χ3v) is 5.49. The van der Waals surface area contributed by atoms with E-state index in [4.69, 9.17) is 15.2 Å². The summed E-state index contributed by atoms with van der Waals surface area (Å²) in [7, 11) is 0. The molecule has 8 heteroatoms. The lowest BCUT2D eigenvalue weighted by Crippen LogP contribution is -2.23. The summed E-state index contributed by atoms with van der Waals surface area (Å²) in [4.78, 5) is 13.7. The average Bonchev–Trinajstić information content (AvgIpc) is 3.00. The molecule has 3 N–H and O–H groups in total. The molecule has 0 saturated carbocycles. The third kappa shape index (κ3) is 2.82. The number of ether oxygens (including phenoxy) is 2. The number of anilines is 1. The quantitative estimate of drug-likeness (QED) is 0.735. The Kier molecular flexibility index (Phi) is 4.12. The number of hydrogen-bond acceptors (Lipinski definition) is 7. The number of nitrogens with two attached hydrogens (primary N) is 1. The van der Waals surface area contributed by atoms with E-state index in [1.807, 2.05) is 32.0 Å². The van der Waals surface area contributed by atoms with E-state index in [1.165, 1.54) is 11.3 Å². The van der Waals surface area contributed by atoms with E-state index in [1.54, 1.807) is 0 Å². The van der Waals surface area contributed by atoms with Gasteiger partial charge in [0.15, 0.2) is 11.5 Å². The number of aromatic nitrogens is 2. The van der Waals surface area contributed by atoms with Crippen molar-refractivity contribution >= 4 is 33.1 Å². The number of carbonyl (C=O) groups excluding carboxylic acids is 1. The summed E-state index contributed by atoms with van der Waals surface area (Å²) >= 11 is 1.26. The van der Waals surface area contributed by atoms with Crippen LogP contribution in [0.3, 0.4) is 0 Å². The number of nitrogens with one attached hydrogen (secondary N) is 1. The number of carbonyl (C=O) groups is 1. The Morgan fingerprint density at radius 3 is 2.81 bits per heavy atom. The number of aryl methyl sites for hydroxylation is 2. The second-order valence-corrected chi connectivity index (χ2v) is 7.10. The summed E-state index contributed by atoms with van der Waals surface area (Å²) < 4.78 is 11.1. The van der Waals surface area contributed by atoms with Crippen LogP contribution in [0.4, 0.5) is 5.69 Å². The maximum atomic E-state index is 12.6. The van der Waals surface area contributed by atoms with Crippen LogP contribution in [0.5, 0.6) is 11.5 Å². The molecule has 0 fully saturated rings. The lowest BCUT2D eigenvalue weighted by molar-refractivity contribution is 0.0955. The van der Waals surface area contributed by atoms with Gasteiger partial charge in [-0.25, -0.2) is 0 Å². The number of nitrogen functional groups attached to an aromatic ring is 1. The van der Waals surface area contributed by atoms with Gasteiger partial charge in [-0.3, -0.25) is 4.79 Å². The summed E-state index contributed by atoms with van der Waals surface area (Å²) in [6, 6.07) is 5.63. The van der Waals surface area contributed by atoms with E-state index in [2.05, 4.69) is 15.5 Å². The van der Waals surface area contributed by atoms with Gasteiger partial charge in [-0.15, -0.1) is 16.4 Å². The normalized spacial score (nSPS) is 13.0.